The Morgan fingerprint density at radius 2 is 1.21 bits per heavy atom. The first kappa shape index (κ1) is 35.2. The first-order chi connectivity index (χ1) is 20.6. The molecule has 1 aliphatic carbocycles. The highest BCUT2D eigenvalue weighted by molar-refractivity contribution is 5.02. The van der Waals surface area contributed by atoms with Gasteiger partial charge in [0.1, 0.15) is 30.5 Å². The van der Waals surface area contributed by atoms with Crippen molar-refractivity contribution in [2.45, 2.75) is 130 Å². The van der Waals surface area contributed by atoms with Crippen LogP contribution < -0.4 is 34.0 Å². The Balaban J connectivity index is 1.52. The van der Waals surface area contributed by atoms with Crippen LogP contribution in [-0.2, 0) is 28.4 Å². The first-order valence-electron chi connectivity index (χ1n) is 15.2. The van der Waals surface area contributed by atoms with Gasteiger partial charge in [-0.05, 0) is 32.1 Å². The largest absolute Gasteiger partial charge is 0.395 e. The maximum absolute atomic E-state index is 11.5. The molecule has 4 rings (SSSR count). The van der Waals surface area contributed by atoms with Crippen LogP contribution in [0.15, 0.2) is 0 Å². The lowest BCUT2D eigenvalue weighted by molar-refractivity contribution is -0.288. The van der Waals surface area contributed by atoms with Gasteiger partial charge in [-0.25, -0.2) is 0 Å². The minimum absolute atomic E-state index is 0.183. The van der Waals surface area contributed by atoms with Crippen LogP contribution in [0.3, 0.4) is 0 Å². The fourth-order valence-electron chi connectivity index (χ4n) is 6.16. The number of aliphatic hydroxyl groups is 5. The molecule has 0 unspecified atom stereocenters. The molecule has 0 amide bonds. The third-order valence-corrected chi connectivity index (χ3v) is 8.78. The average molecular weight is 625 g/mol. The number of hydrogen-bond donors (Lipinski definition) is 11. The number of ether oxygens (including phenoxy) is 6. The molecule has 43 heavy (non-hydrogen) atoms. The predicted octanol–water partition coefficient (Wildman–Crippen LogP) is -5.79. The molecule has 3 aliphatic heterocycles. The smallest absolute Gasteiger partial charge is 0.187 e. The maximum atomic E-state index is 11.5. The summed E-state index contributed by atoms with van der Waals surface area (Å²) in [6.45, 7) is -0.738. The van der Waals surface area contributed by atoms with Crippen LogP contribution in [-0.4, -0.2) is 156 Å². The lowest BCUT2D eigenvalue weighted by Crippen LogP contribution is -2.67. The third kappa shape index (κ3) is 8.38. The molecule has 17 heteroatoms. The maximum Gasteiger partial charge on any atom is 0.187 e. The molecule has 0 aromatic rings. The summed E-state index contributed by atoms with van der Waals surface area (Å²) in [5.41, 5.74) is 30.6. The number of nitrogens with two attached hydrogens (primary N) is 5. The molecule has 17 nitrogen and oxygen atoms in total. The second-order valence-electron chi connectivity index (χ2n) is 12.0. The van der Waals surface area contributed by atoms with Gasteiger partial charge in [0.25, 0.3) is 0 Å². The normalized spacial score (nSPS) is 46.0. The molecule has 0 radical (unpaired) electrons. The first-order valence-corrected chi connectivity index (χ1v) is 15.2. The van der Waals surface area contributed by atoms with Gasteiger partial charge < -0.3 is 87.9 Å². The van der Waals surface area contributed by atoms with Crippen LogP contribution in [0.4, 0.5) is 0 Å². The van der Waals surface area contributed by atoms with E-state index in [1.807, 2.05) is 0 Å². The Bertz CT molecular complexity index is 836. The van der Waals surface area contributed by atoms with E-state index in [2.05, 4.69) is 5.32 Å². The van der Waals surface area contributed by atoms with E-state index < -0.39 is 92.3 Å². The van der Waals surface area contributed by atoms with Gasteiger partial charge in [0.2, 0.25) is 0 Å². The molecular weight excluding hydrogens is 572 g/mol. The molecule has 3 saturated heterocycles. The van der Waals surface area contributed by atoms with E-state index in [1.165, 1.54) is 0 Å². The SMILES string of the molecule is NC[C@@H]1CC[C@@H](N)[C@@H](O[C@H]2[C@H](O[C@@H]3O[C@H](CO)[C@@H](O[C@H]4O[C@@H](CN)CC[C@H]4N)[C@H]3O)[C@@H](O)[C@H](NC(CO)CO)C[C@@H]2N)O1. The Morgan fingerprint density at radius 1 is 0.674 bits per heavy atom. The van der Waals surface area contributed by atoms with Crippen molar-refractivity contribution in [3.8, 4) is 0 Å². The Morgan fingerprint density at radius 3 is 1.72 bits per heavy atom. The van der Waals surface area contributed by atoms with Crippen molar-refractivity contribution < 1.29 is 54.0 Å². The van der Waals surface area contributed by atoms with E-state index >= 15 is 0 Å². The molecule has 0 bridgehead atoms. The van der Waals surface area contributed by atoms with Crippen LogP contribution in [0.25, 0.3) is 0 Å². The van der Waals surface area contributed by atoms with Gasteiger partial charge in [-0.1, -0.05) is 0 Å². The topological polar surface area (TPSA) is 299 Å². The van der Waals surface area contributed by atoms with Crippen molar-refractivity contribution in [3.05, 3.63) is 0 Å². The average Bonchev–Trinajstić information content (AvgIpc) is 3.31. The molecule has 4 fully saturated rings. The zero-order valence-electron chi connectivity index (χ0n) is 24.4. The summed E-state index contributed by atoms with van der Waals surface area (Å²) in [5, 5.41) is 55.0. The van der Waals surface area contributed by atoms with Crippen molar-refractivity contribution in [3.63, 3.8) is 0 Å². The highest BCUT2D eigenvalue weighted by Crippen LogP contribution is 2.34. The molecule has 15 atom stereocenters. The summed E-state index contributed by atoms with van der Waals surface area (Å²) in [5.74, 6) is 0. The van der Waals surface area contributed by atoms with E-state index in [0.29, 0.717) is 25.7 Å². The van der Waals surface area contributed by atoms with Gasteiger partial charge in [-0.2, -0.15) is 0 Å². The third-order valence-electron chi connectivity index (χ3n) is 8.78. The zero-order chi connectivity index (χ0) is 31.3. The molecule has 1 saturated carbocycles. The molecule has 4 aliphatic rings. The molecule has 0 aromatic heterocycles. The summed E-state index contributed by atoms with van der Waals surface area (Å²) in [4.78, 5) is 0. The summed E-state index contributed by atoms with van der Waals surface area (Å²) >= 11 is 0. The van der Waals surface area contributed by atoms with Crippen molar-refractivity contribution >= 4 is 0 Å². The van der Waals surface area contributed by atoms with Gasteiger partial charge in [0, 0.05) is 25.2 Å². The Hall–Kier alpha value is -0.680. The number of aliphatic hydroxyl groups excluding tert-OH is 5. The summed E-state index contributed by atoms with van der Waals surface area (Å²) in [7, 11) is 0. The van der Waals surface area contributed by atoms with E-state index in [4.69, 9.17) is 57.1 Å². The number of nitrogens with one attached hydrogen (secondary N) is 1. The van der Waals surface area contributed by atoms with Gasteiger partial charge >= 0.3 is 0 Å². The van der Waals surface area contributed by atoms with Crippen molar-refractivity contribution in [2.24, 2.45) is 28.7 Å². The monoisotopic (exact) mass is 624 g/mol. The molecule has 3 heterocycles. The molecule has 0 spiro atoms. The second-order valence-corrected chi connectivity index (χ2v) is 12.0. The summed E-state index contributed by atoms with van der Waals surface area (Å²) in [6, 6.07) is -3.17. The summed E-state index contributed by atoms with van der Waals surface area (Å²) in [6.07, 6.45) is -8.01. The minimum atomic E-state index is -1.43. The van der Waals surface area contributed by atoms with Crippen LogP contribution in [0.2, 0.25) is 0 Å². The van der Waals surface area contributed by atoms with Gasteiger partial charge in [0.15, 0.2) is 18.9 Å². The van der Waals surface area contributed by atoms with E-state index in [9.17, 15) is 25.5 Å². The van der Waals surface area contributed by atoms with E-state index in [1.54, 1.807) is 0 Å². The standard InChI is InChI=1S/C26H52N6O11/c27-6-12-1-3-14(29)24(38-12)41-21-16(31)5-17(32-11(8-33)9-34)19(36)23(21)43-26-20(37)22(18(10-35)40-26)42-25-15(30)4-2-13(7-28)39-25/h11-26,32-37H,1-10,27-31H2/t12-,13+,14+,15+,16-,17+,18+,19-,20+,21+,22+,23+,24+,25+,26-/m0/s1. The fourth-order valence-corrected chi connectivity index (χ4v) is 6.16. The number of hydrogen-bond acceptors (Lipinski definition) is 17. The summed E-state index contributed by atoms with van der Waals surface area (Å²) < 4.78 is 36.1. The van der Waals surface area contributed by atoms with Gasteiger partial charge in [-0.3, -0.25) is 0 Å². The van der Waals surface area contributed by atoms with Gasteiger partial charge in [0.05, 0.1) is 56.3 Å². The van der Waals surface area contributed by atoms with Crippen LogP contribution in [0.1, 0.15) is 32.1 Å². The molecule has 252 valence electrons. The van der Waals surface area contributed by atoms with E-state index in [0.717, 1.165) is 0 Å². The van der Waals surface area contributed by atoms with Crippen molar-refractivity contribution in [1.82, 2.24) is 5.32 Å². The molecule has 0 aromatic carbocycles. The lowest BCUT2D eigenvalue weighted by atomic mass is 9.83. The number of rotatable bonds is 13. The Labute approximate surface area is 251 Å². The highest BCUT2D eigenvalue weighted by atomic mass is 16.8. The van der Waals surface area contributed by atoms with Crippen molar-refractivity contribution in [2.75, 3.05) is 32.9 Å². The molecular formula is C26H52N6O11. The fraction of sp³-hybridized carbons (Fsp3) is 1.00. The quantitative estimate of drug-likeness (QED) is 0.0909. The highest BCUT2D eigenvalue weighted by Gasteiger charge is 2.53. The van der Waals surface area contributed by atoms with Crippen LogP contribution >= 0.6 is 0 Å². The van der Waals surface area contributed by atoms with Crippen LogP contribution in [0, 0.1) is 0 Å². The van der Waals surface area contributed by atoms with Gasteiger partial charge in [-0.15, -0.1) is 0 Å². The van der Waals surface area contributed by atoms with E-state index in [-0.39, 0.29) is 44.9 Å². The van der Waals surface area contributed by atoms with Crippen LogP contribution in [0.5, 0.6) is 0 Å². The Kier molecular flexibility index (Phi) is 13.3. The second kappa shape index (κ2) is 16.2. The minimum Gasteiger partial charge on any atom is -0.395 e. The lowest BCUT2D eigenvalue weighted by Gasteiger charge is -2.47. The zero-order valence-corrected chi connectivity index (χ0v) is 24.4. The molecule has 16 N–H and O–H groups in total. The predicted molar refractivity (Wildman–Crippen MR) is 150 cm³/mol. The van der Waals surface area contributed by atoms with Crippen molar-refractivity contribution in [1.29, 1.82) is 0 Å².